The van der Waals surface area contributed by atoms with Crippen LogP contribution in [0, 0.1) is 0 Å². The van der Waals surface area contributed by atoms with E-state index in [0.29, 0.717) is 24.0 Å². The molecule has 1 saturated heterocycles. The molecule has 2 aromatic heterocycles. The monoisotopic (exact) mass is 348 g/mol. The van der Waals surface area contributed by atoms with Crippen molar-refractivity contribution in [2.45, 2.75) is 25.5 Å². The number of nitrogens with one attached hydrogen (secondary N) is 1. The van der Waals surface area contributed by atoms with E-state index in [9.17, 15) is 4.79 Å². The van der Waals surface area contributed by atoms with E-state index < -0.39 is 0 Å². The fraction of sp³-hybridized carbons (Fsp3) is 0.438. The van der Waals surface area contributed by atoms with Crippen LogP contribution in [0.2, 0.25) is 0 Å². The molecular weight excluding hydrogens is 328 g/mol. The summed E-state index contributed by atoms with van der Waals surface area (Å²) in [4.78, 5) is 23.2. The number of urea groups is 1. The number of carbonyl (C=O) groups is 1. The van der Waals surface area contributed by atoms with Gasteiger partial charge in [0.1, 0.15) is 5.75 Å². The van der Waals surface area contributed by atoms with E-state index >= 15 is 0 Å². The van der Waals surface area contributed by atoms with Crippen molar-refractivity contribution >= 4 is 22.5 Å². The molecule has 2 aromatic rings. The van der Waals surface area contributed by atoms with Crippen molar-refractivity contribution in [3.8, 4) is 5.75 Å². The average molecular weight is 348 g/mol. The van der Waals surface area contributed by atoms with Gasteiger partial charge in [-0.2, -0.15) is 0 Å². The van der Waals surface area contributed by atoms with Crippen molar-refractivity contribution in [1.29, 1.82) is 0 Å². The van der Waals surface area contributed by atoms with Crippen molar-refractivity contribution in [3.63, 3.8) is 0 Å². The van der Waals surface area contributed by atoms with E-state index in [-0.39, 0.29) is 12.1 Å². The SMILES string of the molecule is COCc1csc(NC(=O)N2CCCC2c2ccc(OC)cn2)n1. The summed E-state index contributed by atoms with van der Waals surface area (Å²) in [6, 6.07) is 3.62. The predicted octanol–water partition coefficient (Wildman–Crippen LogP) is 3.06. The number of pyridine rings is 1. The van der Waals surface area contributed by atoms with Gasteiger partial charge in [-0.15, -0.1) is 11.3 Å². The Morgan fingerprint density at radius 3 is 3.04 bits per heavy atom. The third-order valence-electron chi connectivity index (χ3n) is 3.91. The van der Waals surface area contributed by atoms with Gasteiger partial charge in [-0.25, -0.2) is 9.78 Å². The maximum absolute atomic E-state index is 12.6. The molecule has 1 atom stereocenters. The van der Waals surface area contributed by atoms with Crippen LogP contribution in [0.4, 0.5) is 9.93 Å². The van der Waals surface area contributed by atoms with E-state index in [1.165, 1.54) is 11.3 Å². The smallest absolute Gasteiger partial charge is 0.324 e. The van der Waals surface area contributed by atoms with Crippen LogP contribution in [0.15, 0.2) is 23.7 Å². The molecule has 1 unspecified atom stereocenters. The molecule has 3 rings (SSSR count). The van der Waals surface area contributed by atoms with Crippen molar-refractivity contribution in [2.24, 2.45) is 0 Å². The van der Waals surface area contributed by atoms with Crippen LogP contribution in [0.25, 0.3) is 0 Å². The maximum atomic E-state index is 12.6. The molecular formula is C16H20N4O3S. The number of hydrogen-bond acceptors (Lipinski definition) is 6. The molecule has 0 aliphatic carbocycles. The van der Waals surface area contributed by atoms with E-state index in [1.54, 1.807) is 20.4 Å². The molecule has 0 aromatic carbocycles. The number of carbonyl (C=O) groups excluding carboxylic acids is 1. The van der Waals surface area contributed by atoms with Gasteiger partial charge in [-0.1, -0.05) is 0 Å². The molecule has 1 N–H and O–H groups in total. The zero-order valence-electron chi connectivity index (χ0n) is 13.7. The van der Waals surface area contributed by atoms with Gasteiger partial charge in [0.2, 0.25) is 0 Å². The Hall–Kier alpha value is -2.19. The molecule has 0 saturated carbocycles. The number of amides is 2. The van der Waals surface area contributed by atoms with Gasteiger partial charge >= 0.3 is 6.03 Å². The minimum Gasteiger partial charge on any atom is -0.495 e. The van der Waals surface area contributed by atoms with E-state index in [2.05, 4.69) is 15.3 Å². The lowest BCUT2D eigenvalue weighted by Gasteiger charge is -2.24. The highest BCUT2D eigenvalue weighted by molar-refractivity contribution is 7.13. The lowest BCUT2D eigenvalue weighted by atomic mass is 10.1. The Kier molecular flexibility index (Phi) is 5.27. The number of likely N-dealkylation sites (tertiary alicyclic amines) is 1. The predicted molar refractivity (Wildman–Crippen MR) is 91.3 cm³/mol. The topological polar surface area (TPSA) is 76.6 Å². The number of ether oxygens (including phenoxy) is 2. The fourth-order valence-electron chi connectivity index (χ4n) is 2.77. The molecule has 7 nitrogen and oxygen atoms in total. The summed E-state index contributed by atoms with van der Waals surface area (Å²) in [5, 5.41) is 5.34. The molecule has 3 heterocycles. The summed E-state index contributed by atoms with van der Waals surface area (Å²) >= 11 is 1.40. The highest BCUT2D eigenvalue weighted by Crippen LogP contribution is 2.32. The highest BCUT2D eigenvalue weighted by Gasteiger charge is 2.31. The number of anilines is 1. The first kappa shape index (κ1) is 16.7. The number of methoxy groups -OCH3 is 2. The zero-order valence-corrected chi connectivity index (χ0v) is 14.5. The molecule has 1 aliphatic heterocycles. The second kappa shape index (κ2) is 7.59. The summed E-state index contributed by atoms with van der Waals surface area (Å²) in [7, 11) is 3.23. The Bertz CT molecular complexity index is 689. The minimum absolute atomic E-state index is 0.0192. The Morgan fingerprint density at radius 2 is 2.33 bits per heavy atom. The van der Waals surface area contributed by atoms with Crippen LogP contribution < -0.4 is 10.1 Å². The van der Waals surface area contributed by atoms with E-state index in [0.717, 1.165) is 24.2 Å². The van der Waals surface area contributed by atoms with Gasteiger partial charge in [0.25, 0.3) is 0 Å². The van der Waals surface area contributed by atoms with Gasteiger partial charge in [0.15, 0.2) is 5.13 Å². The van der Waals surface area contributed by atoms with Gasteiger partial charge in [-0.05, 0) is 25.0 Å². The number of hydrogen-bond donors (Lipinski definition) is 1. The quantitative estimate of drug-likeness (QED) is 0.899. The summed E-state index contributed by atoms with van der Waals surface area (Å²) in [5.74, 6) is 0.709. The first-order valence-electron chi connectivity index (χ1n) is 7.72. The molecule has 0 radical (unpaired) electrons. The Labute approximate surface area is 144 Å². The molecule has 24 heavy (non-hydrogen) atoms. The molecule has 2 amide bonds. The molecule has 1 fully saturated rings. The summed E-state index contributed by atoms with van der Waals surface area (Å²) < 4.78 is 10.2. The average Bonchev–Trinajstić information content (AvgIpc) is 3.25. The molecule has 128 valence electrons. The van der Waals surface area contributed by atoms with Gasteiger partial charge < -0.3 is 14.4 Å². The Morgan fingerprint density at radius 1 is 1.46 bits per heavy atom. The second-order valence-electron chi connectivity index (χ2n) is 5.48. The summed E-state index contributed by atoms with van der Waals surface area (Å²) in [5.41, 5.74) is 1.69. The lowest BCUT2D eigenvalue weighted by Crippen LogP contribution is -2.34. The number of thiazole rings is 1. The third kappa shape index (κ3) is 3.65. The van der Waals surface area contributed by atoms with Crippen molar-refractivity contribution in [1.82, 2.24) is 14.9 Å². The minimum atomic E-state index is -0.145. The van der Waals surface area contributed by atoms with Crippen LogP contribution in [0.1, 0.15) is 30.3 Å². The number of aromatic nitrogens is 2. The number of rotatable bonds is 5. The zero-order chi connectivity index (χ0) is 16.9. The molecule has 8 heteroatoms. The fourth-order valence-corrected chi connectivity index (χ4v) is 3.45. The van der Waals surface area contributed by atoms with E-state index in [4.69, 9.17) is 9.47 Å². The normalized spacial score (nSPS) is 17.1. The van der Waals surface area contributed by atoms with Crippen LogP contribution in [-0.2, 0) is 11.3 Å². The highest BCUT2D eigenvalue weighted by atomic mass is 32.1. The van der Waals surface area contributed by atoms with Crippen molar-refractivity contribution < 1.29 is 14.3 Å². The second-order valence-corrected chi connectivity index (χ2v) is 6.34. The first-order chi connectivity index (χ1) is 11.7. The first-order valence-corrected chi connectivity index (χ1v) is 8.60. The van der Waals surface area contributed by atoms with Crippen LogP contribution in [-0.4, -0.2) is 41.7 Å². The molecule has 1 aliphatic rings. The lowest BCUT2D eigenvalue weighted by molar-refractivity contribution is 0.182. The van der Waals surface area contributed by atoms with Gasteiger partial charge in [-0.3, -0.25) is 10.3 Å². The third-order valence-corrected chi connectivity index (χ3v) is 4.71. The standard InChI is InChI=1S/C16H20N4O3S/c1-22-9-11-10-24-15(18-11)19-16(21)20-7-3-4-14(20)13-6-5-12(23-2)8-17-13/h5-6,8,10,14H,3-4,7,9H2,1-2H3,(H,18,19,21). The largest absolute Gasteiger partial charge is 0.495 e. The summed E-state index contributed by atoms with van der Waals surface area (Å²) in [6.07, 6.45) is 3.54. The molecule has 0 spiro atoms. The molecule has 0 bridgehead atoms. The van der Waals surface area contributed by atoms with Crippen molar-refractivity contribution in [3.05, 3.63) is 35.1 Å². The maximum Gasteiger partial charge on any atom is 0.324 e. The number of nitrogens with zero attached hydrogens (tertiary/aromatic N) is 3. The van der Waals surface area contributed by atoms with Crippen LogP contribution in [0.3, 0.4) is 0 Å². The van der Waals surface area contributed by atoms with Crippen LogP contribution >= 0.6 is 11.3 Å². The Balaban J connectivity index is 1.68. The summed E-state index contributed by atoms with van der Waals surface area (Å²) in [6.45, 7) is 1.15. The van der Waals surface area contributed by atoms with Crippen LogP contribution in [0.5, 0.6) is 5.75 Å². The van der Waals surface area contributed by atoms with Crippen molar-refractivity contribution in [2.75, 3.05) is 26.1 Å². The van der Waals surface area contributed by atoms with E-state index in [1.807, 2.05) is 22.4 Å². The van der Waals surface area contributed by atoms with Gasteiger partial charge in [0.05, 0.1) is 37.3 Å². The van der Waals surface area contributed by atoms with Gasteiger partial charge in [0, 0.05) is 19.0 Å².